The van der Waals surface area contributed by atoms with E-state index in [4.69, 9.17) is 0 Å². The quantitative estimate of drug-likeness (QED) is 0.489. The van der Waals surface area contributed by atoms with Crippen molar-refractivity contribution in [1.29, 1.82) is 0 Å². The molecule has 8 nitrogen and oxygen atoms in total. The van der Waals surface area contributed by atoms with Gasteiger partial charge in [0.25, 0.3) is 0 Å². The summed E-state index contributed by atoms with van der Waals surface area (Å²) < 4.78 is 4.20. The summed E-state index contributed by atoms with van der Waals surface area (Å²) in [5, 5.41) is 4.42. The number of fused-ring (bicyclic) bond motifs is 4. The Labute approximate surface area is 171 Å². The van der Waals surface area contributed by atoms with Crippen LogP contribution in [-0.4, -0.2) is 31.2 Å². The van der Waals surface area contributed by atoms with Gasteiger partial charge in [-0.1, -0.05) is 30.3 Å². The molecular weight excluding hydrogens is 382 g/mol. The molecule has 2 aromatic carbocycles. The van der Waals surface area contributed by atoms with Crippen molar-refractivity contribution in [2.24, 2.45) is 0 Å². The van der Waals surface area contributed by atoms with E-state index in [1.54, 1.807) is 11.0 Å². The Morgan fingerprint density at radius 1 is 1.00 bits per heavy atom. The van der Waals surface area contributed by atoms with Gasteiger partial charge in [0.1, 0.15) is 6.54 Å². The predicted molar refractivity (Wildman–Crippen MR) is 114 cm³/mol. The number of carbonyl (C=O) groups excluding carboxylic acids is 1. The van der Waals surface area contributed by atoms with Gasteiger partial charge in [-0.3, -0.25) is 14.4 Å². The zero-order chi connectivity index (χ0) is 20.8. The number of anilines is 1. The molecule has 0 N–H and O–H groups in total. The van der Waals surface area contributed by atoms with E-state index in [1.165, 1.54) is 4.40 Å². The summed E-state index contributed by atoms with van der Waals surface area (Å²) >= 11 is 0. The van der Waals surface area contributed by atoms with Crippen LogP contribution in [-0.2, 0) is 24.3 Å². The van der Waals surface area contributed by atoms with Gasteiger partial charge in [-0.2, -0.15) is 0 Å². The third-order valence-corrected chi connectivity index (χ3v) is 5.70. The molecule has 0 saturated carbocycles. The van der Waals surface area contributed by atoms with E-state index in [0.29, 0.717) is 24.4 Å². The van der Waals surface area contributed by atoms with Gasteiger partial charge in [0.15, 0.2) is 0 Å². The maximum Gasteiger partial charge on any atom is 0.333 e. The van der Waals surface area contributed by atoms with Crippen molar-refractivity contribution in [1.82, 2.24) is 18.7 Å². The zero-order valence-electron chi connectivity index (χ0n) is 16.6. The topological polar surface area (TPSA) is 81.6 Å². The zero-order valence-corrected chi connectivity index (χ0v) is 16.6. The number of rotatable bonds is 3. The first kappa shape index (κ1) is 18.4. The van der Waals surface area contributed by atoms with E-state index in [1.807, 2.05) is 54.0 Å². The lowest BCUT2D eigenvalue weighted by atomic mass is 10.0. The summed E-state index contributed by atoms with van der Waals surface area (Å²) in [5.41, 5.74) is 1.92. The first-order chi connectivity index (χ1) is 14.6. The number of benzene rings is 2. The second-order valence-electron chi connectivity index (χ2n) is 7.41. The van der Waals surface area contributed by atoms with Crippen molar-refractivity contribution >= 4 is 28.4 Å². The van der Waals surface area contributed by atoms with Gasteiger partial charge < -0.3 is 9.47 Å². The van der Waals surface area contributed by atoms with Crippen LogP contribution in [0.15, 0.2) is 58.1 Å². The Morgan fingerprint density at radius 2 is 1.73 bits per heavy atom. The molecule has 3 heterocycles. The first-order valence-corrected chi connectivity index (χ1v) is 10.1. The highest BCUT2D eigenvalue weighted by molar-refractivity contribution is 5.94. The van der Waals surface area contributed by atoms with Crippen LogP contribution in [0.4, 0.5) is 5.69 Å². The molecule has 1 amide bonds. The van der Waals surface area contributed by atoms with E-state index >= 15 is 0 Å². The van der Waals surface area contributed by atoms with Crippen molar-refractivity contribution in [2.75, 3.05) is 11.4 Å². The fourth-order valence-corrected chi connectivity index (χ4v) is 4.30. The average molecular weight is 403 g/mol. The highest BCUT2D eigenvalue weighted by atomic mass is 16.2. The number of hydrogen-bond donors (Lipinski definition) is 0. The summed E-state index contributed by atoms with van der Waals surface area (Å²) in [7, 11) is 0. The largest absolute Gasteiger partial charge is 0.333 e. The number of hydrogen-bond acceptors (Lipinski definition) is 4. The minimum absolute atomic E-state index is 0.250. The molecule has 0 bridgehead atoms. The lowest BCUT2D eigenvalue weighted by Gasteiger charge is -2.29. The van der Waals surface area contributed by atoms with Gasteiger partial charge in [-0.15, -0.1) is 5.10 Å². The second kappa shape index (κ2) is 6.98. The van der Waals surface area contributed by atoms with Crippen LogP contribution in [0.2, 0.25) is 0 Å². The van der Waals surface area contributed by atoms with Gasteiger partial charge in [0.05, 0.1) is 11.0 Å². The van der Waals surface area contributed by atoms with Gasteiger partial charge in [-0.05, 0) is 43.5 Å². The standard InChI is InChI=1S/C22H21N5O3/c1-2-24-17-11-5-6-12-18(17)27-21(30)20(29)26(23-22(24)27)14-19(28)25-13-7-9-15-8-3-4-10-16(15)25/h3-6,8,10-12H,2,7,9,13-14H2,1H3. The number of imidazole rings is 1. The van der Waals surface area contributed by atoms with E-state index in [-0.39, 0.29) is 12.5 Å². The van der Waals surface area contributed by atoms with Crippen LogP contribution in [0, 0.1) is 0 Å². The normalized spacial score (nSPS) is 13.7. The molecule has 0 fully saturated rings. The first-order valence-electron chi connectivity index (χ1n) is 10.1. The van der Waals surface area contributed by atoms with Crippen molar-refractivity contribution in [3.63, 3.8) is 0 Å². The predicted octanol–water partition coefficient (Wildman–Crippen LogP) is 1.81. The molecule has 0 aliphatic carbocycles. The van der Waals surface area contributed by atoms with E-state index in [2.05, 4.69) is 5.10 Å². The molecule has 0 spiro atoms. The smallest absolute Gasteiger partial charge is 0.311 e. The van der Waals surface area contributed by atoms with Crippen LogP contribution in [0.5, 0.6) is 0 Å². The highest BCUT2D eigenvalue weighted by Crippen LogP contribution is 2.26. The Bertz CT molecular complexity index is 1410. The van der Waals surface area contributed by atoms with Gasteiger partial charge in [-0.25, -0.2) is 9.08 Å². The second-order valence-corrected chi connectivity index (χ2v) is 7.41. The molecule has 1 aliphatic rings. The maximum absolute atomic E-state index is 13.1. The van der Waals surface area contributed by atoms with E-state index in [9.17, 15) is 14.4 Å². The number of carbonyl (C=O) groups is 1. The SMILES string of the molecule is CCn1c2ccccc2n2c(=O)c(=O)n(CC(=O)N3CCCc4ccccc43)nc12. The van der Waals surface area contributed by atoms with Crippen LogP contribution < -0.4 is 16.0 Å². The highest BCUT2D eigenvalue weighted by Gasteiger charge is 2.24. The molecule has 0 unspecified atom stereocenters. The minimum atomic E-state index is -0.801. The third-order valence-electron chi connectivity index (χ3n) is 5.70. The Balaban J connectivity index is 1.62. The molecule has 0 radical (unpaired) electrons. The van der Waals surface area contributed by atoms with Crippen LogP contribution in [0.25, 0.3) is 16.8 Å². The number of aromatic nitrogens is 4. The number of aryl methyl sites for hydroxylation is 2. The summed E-state index contributed by atoms with van der Waals surface area (Å²) in [5.74, 6) is 0.106. The summed E-state index contributed by atoms with van der Waals surface area (Å²) in [6.07, 6.45) is 1.78. The molecule has 30 heavy (non-hydrogen) atoms. The van der Waals surface area contributed by atoms with Crippen molar-refractivity contribution in [3.05, 3.63) is 74.8 Å². The molecule has 8 heteroatoms. The molecule has 4 aromatic rings. The van der Waals surface area contributed by atoms with Crippen LogP contribution >= 0.6 is 0 Å². The van der Waals surface area contributed by atoms with Crippen molar-refractivity contribution in [2.45, 2.75) is 32.9 Å². The Morgan fingerprint density at radius 3 is 2.53 bits per heavy atom. The Kier molecular flexibility index (Phi) is 4.27. The summed E-state index contributed by atoms with van der Waals surface area (Å²) in [4.78, 5) is 40.4. The molecule has 2 aromatic heterocycles. The maximum atomic E-state index is 13.1. The number of para-hydroxylation sites is 3. The molecule has 5 rings (SSSR count). The van der Waals surface area contributed by atoms with Crippen molar-refractivity contribution < 1.29 is 4.79 Å². The average Bonchev–Trinajstić information content (AvgIpc) is 3.10. The van der Waals surface area contributed by atoms with Gasteiger partial charge in [0, 0.05) is 18.8 Å². The summed E-state index contributed by atoms with van der Waals surface area (Å²) in [6, 6.07) is 15.1. The molecule has 152 valence electrons. The Hall–Kier alpha value is -3.68. The lowest BCUT2D eigenvalue weighted by molar-refractivity contribution is -0.119. The van der Waals surface area contributed by atoms with Crippen molar-refractivity contribution in [3.8, 4) is 0 Å². The lowest BCUT2D eigenvalue weighted by Crippen LogP contribution is -2.45. The molecule has 0 atom stereocenters. The van der Waals surface area contributed by atoms with Crippen LogP contribution in [0.1, 0.15) is 18.9 Å². The molecular formula is C22H21N5O3. The monoisotopic (exact) mass is 403 g/mol. The number of amides is 1. The summed E-state index contributed by atoms with van der Waals surface area (Å²) in [6.45, 7) is 2.84. The fourth-order valence-electron chi connectivity index (χ4n) is 4.30. The van der Waals surface area contributed by atoms with Crippen LogP contribution in [0.3, 0.4) is 0 Å². The fraction of sp³-hybridized carbons (Fsp3) is 0.273. The molecule has 0 saturated heterocycles. The van der Waals surface area contributed by atoms with E-state index in [0.717, 1.165) is 34.3 Å². The third kappa shape index (κ3) is 2.67. The van der Waals surface area contributed by atoms with Gasteiger partial charge >= 0.3 is 11.1 Å². The van der Waals surface area contributed by atoms with Gasteiger partial charge in [0.2, 0.25) is 11.7 Å². The minimum Gasteiger partial charge on any atom is -0.311 e. The molecule has 1 aliphatic heterocycles. The van der Waals surface area contributed by atoms with E-state index < -0.39 is 11.1 Å². The number of nitrogens with zero attached hydrogens (tertiary/aromatic N) is 5.